The zero-order chi connectivity index (χ0) is 16.2. The Bertz CT molecular complexity index is 711. The molecule has 0 aliphatic carbocycles. The number of hydrogen-bond donors (Lipinski definition) is 0. The summed E-state index contributed by atoms with van der Waals surface area (Å²) < 4.78 is 10.1. The standard InChI is InChI=1S/C18H18N2O3/c1-22-15-10-8-14(9-11-15)17-12-16(13-6-4-3-5-7-13)19-20(17)18(21)23-2/h3-11,17H,12H2,1-2H3. The van der Waals surface area contributed by atoms with Crippen molar-refractivity contribution in [2.24, 2.45) is 5.10 Å². The molecule has 0 radical (unpaired) electrons. The first-order valence-electron chi connectivity index (χ1n) is 7.37. The highest BCUT2D eigenvalue weighted by atomic mass is 16.5. The van der Waals surface area contributed by atoms with Crippen molar-refractivity contribution in [1.82, 2.24) is 5.01 Å². The van der Waals surface area contributed by atoms with Crippen molar-refractivity contribution in [2.75, 3.05) is 14.2 Å². The van der Waals surface area contributed by atoms with Gasteiger partial charge in [0.2, 0.25) is 0 Å². The van der Waals surface area contributed by atoms with Crippen LogP contribution in [0.4, 0.5) is 4.79 Å². The van der Waals surface area contributed by atoms with Crippen molar-refractivity contribution in [3.63, 3.8) is 0 Å². The molecule has 1 amide bonds. The molecular weight excluding hydrogens is 292 g/mol. The average molecular weight is 310 g/mol. The zero-order valence-corrected chi connectivity index (χ0v) is 13.1. The number of hydrazone groups is 1. The van der Waals surface area contributed by atoms with Gasteiger partial charge in [-0.1, -0.05) is 42.5 Å². The third-order valence-corrected chi connectivity index (χ3v) is 3.88. The molecule has 0 saturated heterocycles. The minimum absolute atomic E-state index is 0.177. The second kappa shape index (κ2) is 6.52. The van der Waals surface area contributed by atoms with E-state index in [1.54, 1.807) is 7.11 Å². The summed E-state index contributed by atoms with van der Waals surface area (Å²) in [5.41, 5.74) is 2.88. The fourth-order valence-electron chi connectivity index (χ4n) is 2.66. The third-order valence-electron chi connectivity index (χ3n) is 3.88. The predicted molar refractivity (Wildman–Crippen MR) is 87.6 cm³/mol. The van der Waals surface area contributed by atoms with Gasteiger partial charge in [-0.3, -0.25) is 0 Å². The minimum atomic E-state index is -0.461. The van der Waals surface area contributed by atoms with Gasteiger partial charge in [0.25, 0.3) is 0 Å². The van der Waals surface area contributed by atoms with Crippen LogP contribution >= 0.6 is 0 Å². The molecule has 0 fully saturated rings. The number of rotatable bonds is 3. The molecule has 1 heterocycles. The molecule has 3 rings (SSSR count). The second-order valence-electron chi connectivity index (χ2n) is 5.22. The van der Waals surface area contributed by atoms with Gasteiger partial charge in [-0.05, 0) is 23.3 Å². The summed E-state index contributed by atoms with van der Waals surface area (Å²) in [4.78, 5) is 12.1. The maximum absolute atomic E-state index is 12.1. The van der Waals surface area contributed by atoms with Crippen molar-refractivity contribution in [1.29, 1.82) is 0 Å². The van der Waals surface area contributed by atoms with E-state index in [4.69, 9.17) is 9.47 Å². The quantitative estimate of drug-likeness (QED) is 0.870. The van der Waals surface area contributed by atoms with Crippen LogP contribution in [0.15, 0.2) is 59.7 Å². The van der Waals surface area contributed by atoms with Crippen LogP contribution in [0.1, 0.15) is 23.6 Å². The van der Waals surface area contributed by atoms with Crippen LogP contribution in [0.3, 0.4) is 0 Å². The second-order valence-corrected chi connectivity index (χ2v) is 5.22. The normalized spacial score (nSPS) is 16.9. The Labute approximate surface area is 135 Å². The summed E-state index contributed by atoms with van der Waals surface area (Å²) in [5, 5.41) is 5.88. The topological polar surface area (TPSA) is 51.1 Å². The monoisotopic (exact) mass is 310 g/mol. The van der Waals surface area contributed by atoms with E-state index >= 15 is 0 Å². The van der Waals surface area contributed by atoms with E-state index in [9.17, 15) is 4.79 Å². The van der Waals surface area contributed by atoms with E-state index in [0.717, 1.165) is 22.6 Å². The van der Waals surface area contributed by atoms with Crippen LogP contribution in [-0.2, 0) is 4.74 Å². The Balaban J connectivity index is 1.92. The van der Waals surface area contributed by atoms with E-state index in [1.807, 2.05) is 54.6 Å². The summed E-state index contributed by atoms with van der Waals surface area (Å²) in [5.74, 6) is 0.778. The van der Waals surface area contributed by atoms with E-state index < -0.39 is 6.09 Å². The lowest BCUT2D eigenvalue weighted by Gasteiger charge is -2.20. The number of amides is 1. The van der Waals surface area contributed by atoms with Crippen LogP contribution in [0.2, 0.25) is 0 Å². The fourth-order valence-corrected chi connectivity index (χ4v) is 2.66. The van der Waals surface area contributed by atoms with Gasteiger partial charge in [-0.15, -0.1) is 0 Å². The van der Waals surface area contributed by atoms with Gasteiger partial charge in [0.1, 0.15) is 5.75 Å². The largest absolute Gasteiger partial charge is 0.497 e. The van der Waals surface area contributed by atoms with E-state index in [1.165, 1.54) is 12.1 Å². The fraction of sp³-hybridized carbons (Fsp3) is 0.222. The highest BCUT2D eigenvalue weighted by Crippen LogP contribution is 2.33. The van der Waals surface area contributed by atoms with Gasteiger partial charge in [-0.25, -0.2) is 4.79 Å². The first-order valence-corrected chi connectivity index (χ1v) is 7.37. The maximum Gasteiger partial charge on any atom is 0.430 e. The van der Waals surface area contributed by atoms with Gasteiger partial charge in [0, 0.05) is 6.42 Å². The molecule has 2 aromatic rings. The number of nitrogens with zero attached hydrogens (tertiary/aromatic N) is 2. The van der Waals surface area contributed by atoms with Crippen LogP contribution in [0.5, 0.6) is 5.75 Å². The highest BCUT2D eigenvalue weighted by molar-refractivity contribution is 6.02. The summed E-state index contributed by atoms with van der Waals surface area (Å²) in [6.45, 7) is 0. The van der Waals surface area contributed by atoms with Crippen molar-refractivity contribution >= 4 is 11.8 Å². The molecular formula is C18H18N2O3. The van der Waals surface area contributed by atoms with Crippen molar-refractivity contribution in [3.05, 3.63) is 65.7 Å². The SMILES string of the molecule is COC(=O)N1N=C(c2ccccc2)CC1c1ccc(OC)cc1. The lowest BCUT2D eigenvalue weighted by molar-refractivity contribution is 0.113. The van der Waals surface area contributed by atoms with Gasteiger partial charge >= 0.3 is 6.09 Å². The van der Waals surface area contributed by atoms with Crippen LogP contribution in [0, 0.1) is 0 Å². The Morgan fingerprint density at radius 3 is 2.39 bits per heavy atom. The highest BCUT2D eigenvalue weighted by Gasteiger charge is 2.33. The predicted octanol–water partition coefficient (Wildman–Crippen LogP) is 3.61. The average Bonchev–Trinajstić information content (AvgIpc) is 3.07. The first-order chi connectivity index (χ1) is 11.2. The molecule has 0 aromatic heterocycles. The molecule has 0 saturated carbocycles. The Kier molecular flexibility index (Phi) is 4.28. The molecule has 0 N–H and O–H groups in total. The minimum Gasteiger partial charge on any atom is -0.497 e. The Hall–Kier alpha value is -2.82. The number of methoxy groups -OCH3 is 2. The van der Waals surface area contributed by atoms with Crippen LogP contribution in [-0.4, -0.2) is 31.0 Å². The van der Waals surface area contributed by atoms with Gasteiger partial charge in [0.15, 0.2) is 0 Å². The van der Waals surface area contributed by atoms with E-state index in [-0.39, 0.29) is 6.04 Å². The lowest BCUT2D eigenvalue weighted by atomic mass is 9.98. The number of carbonyl (C=O) groups is 1. The molecule has 5 heteroatoms. The molecule has 23 heavy (non-hydrogen) atoms. The molecule has 1 aliphatic heterocycles. The molecule has 5 nitrogen and oxygen atoms in total. The van der Waals surface area contributed by atoms with Crippen LogP contribution in [0.25, 0.3) is 0 Å². The Morgan fingerprint density at radius 1 is 1.09 bits per heavy atom. The lowest BCUT2D eigenvalue weighted by Crippen LogP contribution is -2.26. The smallest absolute Gasteiger partial charge is 0.430 e. The molecule has 1 unspecified atom stereocenters. The molecule has 1 aliphatic rings. The van der Waals surface area contributed by atoms with Gasteiger partial charge in [-0.2, -0.15) is 10.1 Å². The van der Waals surface area contributed by atoms with Gasteiger partial charge < -0.3 is 9.47 Å². The molecule has 118 valence electrons. The van der Waals surface area contributed by atoms with E-state index in [2.05, 4.69) is 5.10 Å². The molecule has 1 atom stereocenters. The number of ether oxygens (including phenoxy) is 2. The summed E-state index contributed by atoms with van der Waals surface area (Å²) in [6, 6.07) is 17.3. The molecule has 0 bridgehead atoms. The maximum atomic E-state index is 12.1. The van der Waals surface area contributed by atoms with Gasteiger partial charge in [0.05, 0.1) is 26.0 Å². The summed E-state index contributed by atoms with van der Waals surface area (Å²) in [7, 11) is 2.99. The third kappa shape index (κ3) is 3.04. The Morgan fingerprint density at radius 2 is 1.78 bits per heavy atom. The van der Waals surface area contributed by atoms with Crippen molar-refractivity contribution in [3.8, 4) is 5.75 Å². The zero-order valence-electron chi connectivity index (χ0n) is 13.1. The number of carbonyl (C=O) groups excluding carboxylic acids is 1. The number of hydrogen-bond acceptors (Lipinski definition) is 4. The molecule has 2 aromatic carbocycles. The number of benzene rings is 2. The summed E-state index contributed by atoms with van der Waals surface area (Å²) in [6.07, 6.45) is 0.183. The van der Waals surface area contributed by atoms with Crippen LogP contribution < -0.4 is 4.74 Å². The van der Waals surface area contributed by atoms with Crippen molar-refractivity contribution in [2.45, 2.75) is 12.5 Å². The van der Waals surface area contributed by atoms with E-state index in [0.29, 0.717) is 6.42 Å². The summed E-state index contributed by atoms with van der Waals surface area (Å²) >= 11 is 0. The molecule has 0 spiro atoms. The van der Waals surface area contributed by atoms with Crippen molar-refractivity contribution < 1.29 is 14.3 Å². The first kappa shape index (κ1) is 15.1.